The molecular weight excluding hydrogens is 1070 g/mol. The molecular formula is C45H41BF23O3S-. The van der Waals surface area contributed by atoms with Gasteiger partial charge in [0.05, 0.1) is 4.75 Å². The van der Waals surface area contributed by atoms with Crippen LogP contribution in [0, 0.1) is 116 Å². The van der Waals surface area contributed by atoms with Gasteiger partial charge in [-0.05, 0) is 26.7 Å². The number of rotatable bonds is 22. The molecule has 3 nitrogen and oxygen atoms in total. The highest BCUT2D eigenvalue weighted by molar-refractivity contribution is 7.87. The second-order valence-corrected chi connectivity index (χ2v) is 19.5. The van der Waals surface area contributed by atoms with Gasteiger partial charge in [-0.2, -0.15) is 21.6 Å². The van der Waals surface area contributed by atoms with Crippen LogP contribution in [0.25, 0.3) is 0 Å². The van der Waals surface area contributed by atoms with E-state index in [9.17, 15) is 74.3 Å². The number of hydrogen-bond acceptors (Lipinski definition) is 2. The van der Waals surface area contributed by atoms with Crippen LogP contribution in [0.1, 0.15) is 123 Å². The van der Waals surface area contributed by atoms with Gasteiger partial charge in [-0.15, -0.1) is 21.9 Å². The van der Waals surface area contributed by atoms with Crippen molar-refractivity contribution in [1.29, 1.82) is 0 Å². The number of benzene rings is 4. The zero-order valence-electron chi connectivity index (χ0n) is 38.0. The minimum atomic E-state index is -7.22. The Balaban J connectivity index is 0.000000434. The van der Waals surface area contributed by atoms with E-state index in [0.29, 0.717) is 12.8 Å². The average molecular weight is 1110 g/mol. The molecule has 0 heterocycles. The first-order valence-corrected chi connectivity index (χ1v) is 23.4. The predicted molar refractivity (Wildman–Crippen MR) is 219 cm³/mol. The molecule has 410 valence electrons. The van der Waals surface area contributed by atoms with Gasteiger partial charge >= 0.3 is 6.18 Å². The molecule has 0 bridgehead atoms. The van der Waals surface area contributed by atoms with E-state index in [-0.39, 0.29) is 6.42 Å². The van der Waals surface area contributed by atoms with Gasteiger partial charge in [0.2, 0.25) is 0 Å². The molecule has 0 saturated carbocycles. The van der Waals surface area contributed by atoms with Crippen molar-refractivity contribution in [3.63, 3.8) is 0 Å². The quantitative estimate of drug-likeness (QED) is 0.0213. The summed E-state index contributed by atoms with van der Waals surface area (Å²) < 4.78 is 360. The maximum Gasteiger partial charge on any atom is 0.389 e. The second kappa shape index (κ2) is 25.2. The lowest BCUT2D eigenvalue weighted by Gasteiger charge is -2.44. The molecule has 1 N–H and O–H groups in total. The zero-order chi connectivity index (χ0) is 55.9. The van der Waals surface area contributed by atoms with Crippen molar-refractivity contribution >= 4 is 38.1 Å². The Morgan fingerprint density at radius 1 is 0.301 bits per heavy atom. The van der Waals surface area contributed by atoms with E-state index in [2.05, 4.69) is 0 Å². The number of hydrogen-bond donors (Lipinski definition) is 1. The van der Waals surface area contributed by atoms with E-state index >= 15 is 35.1 Å². The van der Waals surface area contributed by atoms with Gasteiger partial charge in [0.25, 0.3) is 10.1 Å². The fraction of sp³-hybridized carbons (Fsp3) is 0.467. The Bertz CT molecular complexity index is 2350. The Morgan fingerprint density at radius 3 is 0.616 bits per heavy atom. The van der Waals surface area contributed by atoms with Crippen molar-refractivity contribution in [2.75, 3.05) is 0 Å². The first kappa shape index (κ1) is 62.5. The molecule has 0 amide bonds. The van der Waals surface area contributed by atoms with Crippen molar-refractivity contribution in [3.05, 3.63) is 116 Å². The molecule has 0 aliphatic heterocycles. The minimum Gasteiger partial charge on any atom is -0.285 e. The lowest BCUT2D eigenvalue weighted by atomic mass is 9.12. The third-order valence-electron chi connectivity index (χ3n) is 12.1. The summed E-state index contributed by atoms with van der Waals surface area (Å²) in [6.07, 6.45) is 4.09. The van der Waals surface area contributed by atoms with Crippen LogP contribution in [-0.4, -0.2) is 30.0 Å². The summed E-state index contributed by atoms with van der Waals surface area (Å²) in [4.78, 5) is 0. The van der Waals surface area contributed by atoms with Gasteiger partial charge in [-0.1, -0.05) is 89.9 Å². The summed E-state index contributed by atoms with van der Waals surface area (Å²) in [5, 5.41) is 0. The first-order valence-electron chi connectivity index (χ1n) is 21.9. The van der Waals surface area contributed by atoms with Gasteiger partial charge in [-0.25, -0.2) is 87.8 Å². The summed E-state index contributed by atoms with van der Waals surface area (Å²) in [6.45, 7) is 3.13. The third kappa shape index (κ3) is 13.4. The second-order valence-electron chi connectivity index (χ2n) is 17.5. The maximum absolute atomic E-state index is 15.4. The molecule has 0 saturated heterocycles. The maximum atomic E-state index is 15.4. The van der Waals surface area contributed by atoms with Crippen LogP contribution in [-0.2, 0) is 10.1 Å². The number of halogens is 23. The zero-order valence-corrected chi connectivity index (χ0v) is 38.8. The third-order valence-corrected chi connectivity index (χ3v) is 13.7. The van der Waals surface area contributed by atoms with Crippen LogP contribution in [0.15, 0.2) is 0 Å². The normalized spacial score (nSPS) is 12.5. The van der Waals surface area contributed by atoms with E-state index in [1.165, 1.54) is 44.9 Å². The monoisotopic (exact) mass is 1110 g/mol. The molecule has 0 spiro atoms. The van der Waals surface area contributed by atoms with Gasteiger partial charge in [0, 0.05) is 6.42 Å². The van der Waals surface area contributed by atoms with Crippen LogP contribution in [0.4, 0.5) is 101 Å². The molecule has 0 aromatic heterocycles. The molecule has 28 heteroatoms. The van der Waals surface area contributed by atoms with Crippen molar-refractivity contribution in [2.24, 2.45) is 0 Å². The minimum absolute atomic E-state index is 0.266. The highest BCUT2D eigenvalue weighted by Crippen LogP contribution is 2.31. The Hall–Kier alpha value is -4.76. The van der Waals surface area contributed by atoms with Gasteiger partial charge < -0.3 is 0 Å². The topological polar surface area (TPSA) is 54.4 Å². The highest BCUT2D eigenvalue weighted by Gasteiger charge is 2.52. The average Bonchev–Trinajstić information content (AvgIpc) is 3.31. The van der Waals surface area contributed by atoms with Gasteiger partial charge in [0.15, 0.2) is 69.8 Å². The molecule has 4 rings (SSSR count). The summed E-state index contributed by atoms with van der Waals surface area (Å²) >= 11 is 0. The SMILES string of the molecule is CC(C)(CCCCCCCCCCCCCCCCCC(F)(F)F)S(=O)(=O)O.Fc1c(F)c(F)c([B-](c2c(F)c(F)c(F)c(F)c2F)(c2c(F)c(F)c(F)c(F)c2F)c2c(F)c(F)c(F)c(F)c2F)c(F)c1F. The summed E-state index contributed by atoms with van der Waals surface area (Å²) in [7, 11) is -3.97. The largest absolute Gasteiger partial charge is 0.389 e. The molecule has 0 radical (unpaired) electrons. The van der Waals surface area contributed by atoms with E-state index in [1.54, 1.807) is 13.8 Å². The van der Waals surface area contributed by atoms with Crippen LogP contribution >= 0.6 is 0 Å². The fourth-order valence-electron chi connectivity index (χ4n) is 8.18. The van der Waals surface area contributed by atoms with E-state index in [4.69, 9.17) is 4.55 Å². The standard InChI is InChI=1S/C24BF20.C21H41F3O3S/c26-5-1(6(27)14(35)21(42)13(5)34)25(2-7(28)15(36)22(43)16(37)8(2)29,3-9(30)17(38)23(44)18(39)10(3)31)4-11(32)19(40)24(45)20(41)12(4)33;1-20(2,28(25,26)27)18-16-14-12-10-8-6-4-3-5-7-9-11-13-15-17-19-21(22,23)24/h;3-19H2,1-2H3,(H,25,26,27)/q-1;. The summed E-state index contributed by atoms with van der Waals surface area (Å²) in [5.41, 5.74) is -14.3. The Labute approximate surface area is 401 Å². The molecule has 4 aromatic carbocycles. The molecule has 0 unspecified atom stereocenters. The molecule has 0 aliphatic rings. The van der Waals surface area contributed by atoms with Gasteiger partial charge in [0.1, 0.15) is 52.7 Å². The van der Waals surface area contributed by atoms with Crippen molar-refractivity contribution in [2.45, 2.75) is 134 Å². The Morgan fingerprint density at radius 2 is 0.452 bits per heavy atom. The fourth-order valence-corrected chi connectivity index (χ4v) is 8.58. The predicted octanol–water partition coefficient (Wildman–Crippen LogP) is 13.7. The number of alkyl halides is 3. The smallest absolute Gasteiger partial charge is 0.285 e. The molecule has 4 aromatic rings. The highest BCUT2D eigenvalue weighted by atomic mass is 32.2. The molecule has 0 fully saturated rings. The van der Waals surface area contributed by atoms with E-state index < -0.39 is 172 Å². The molecule has 0 atom stereocenters. The molecule has 0 aliphatic carbocycles. The van der Waals surface area contributed by atoms with Crippen molar-refractivity contribution in [1.82, 2.24) is 0 Å². The van der Waals surface area contributed by atoms with Crippen LogP contribution < -0.4 is 21.9 Å². The summed E-state index contributed by atoms with van der Waals surface area (Å²) in [6, 6.07) is 0. The Kier molecular flexibility index (Phi) is 21.6. The van der Waals surface area contributed by atoms with Crippen LogP contribution in [0.2, 0.25) is 0 Å². The van der Waals surface area contributed by atoms with Crippen molar-refractivity contribution in [3.8, 4) is 0 Å². The van der Waals surface area contributed by atoms with Crippen molar-refractivity contribution < 1.29 is 114 Å². The number of unbranched alkanes of at least 4 members (excludes halogenated alkanes) is 14. The van der Waals surface area contributed by atoms with Crippen LogP contribution in [0.3, 0.4) is 0 Å². The molecule has 73 heavy (non-hydrogen) atoms. The van der Waals surface area contributed by atoms with Gasteiger partial charge in [-0.3, -0.25) is 4.55 Å². The summed E-state index contributed by atoms with van der Waals surface area (Å²) in [5.74, 6) is -71.4. The first-order chi connectivity index (χ1) is 33.7. The lowest BCUT2D eigenvalue weighted by molar-refractivity contribution is -0.135. The van der Waals surface area contributed by atoms with Crippen LogP contribution in [0.5, 0.6) is 0 Å². The lowest BCUT2D eigenvalue weighted by Crippen LogP contribution is -2.81. The van der Waals surface area contributed by atoms with E-state index in [1.807, 2.05) is 0 Å². The van der Waals surface area contributed by atoms with E-state index in [0.717, 1.165) is 38.5 Å².